The van der Waals surface area contributed by atoms with Crippen LogP contribution in [0.4, 0.5) is 5.69 Å². The van der Waals surface area contributed by atoms with Crippen LogP contribution in [0.1, 0.15) is 5.01 Å². The van der Waals surface area contributed by atoms with Crippen molar-refractivity contribution in [2.24, 2.45) is 0 Å². The molecule has 1 heterocycles. The molecule has 2 rings (SSSR count). The molecule has 0 aliphatic rings. The van der Waals surface area contributed by atoms with Crippen LogP contribution in [0.2, 0.25) is 0 Å². The molecule has 1 N–H and O–H groups in total. The predicted molar refractivity (Wildman–Crippen MR) is 72.8 cm³/mol. The maximum atomic E-state index is 11.3. The number of rotatable bonds is 4. The molecule has 0 radical (unpaired) electrons. The summed E-state index contributed by atoms with van der Waals surface area (Å²) in [7, 11) is 1.49. The van der Waals surface area contributed by atoms with Crippen LogP contribution in [0.5, 0.6) is 0 Å². The molecular weight excluding hydrogens is 248 g/mol. The summed E-state index contributed by atoms with van der Waals surface area (Å²) in [4.78, 5) is 15.7. The van der Waals surface area contributed by atoms with Gasteiger partial charge in [-0.2, -0.15) is 0 Å². The minimum atomic E-state index is -0.158. The smallest absolute Gasteiger partial charge is 0.250 e. The van der Waals surface area contributed by atoms with Crippen LogP contribution in [0, 0.1) is 6.92 Å². The highest BCUT2D eigenvalue weighted by molar-refractivity contribution is 7.09. The largest absolute Gasteiger partial charge is 0.375 e. The van der Waals surface area contributed by atoms with E-state index in [1.54, 1.807) is 11.3 Å². The fourth-order valence-electron chi connectivity index (χ4n) is 1.55. The van der Waals surface area contributed by atoms with Gasteiger partial charge in [-0.1, -0.05) is 12.1 Å². The molecule has 4 nitrogen and oxygen atoms in total. The summed E-state index contributed by atoms with van der Waals surface area (Å²) in [5, 5.41) is 5.81. The van der Waals surface area contributed by atoms with E-state index >= 15 is 0 Å². The number of hydrogen-bond donors (Lipinski definition) is 1. The number of carbonyl (C=O) groups excluding carboxylic acids is 1. The van der Waals surface area contributed by atoms with Crippen molar-refractivity contribution in [3.8, 4) is 11.3 Å². The third-order valence-corrected chi connectivity index (χ3v) is 3.13. The number of carbonyl (C=O) groups is 1. The number of nitrogens with zero attached hydrogens (tertiary/aromatic N) is 1. The topological polar surface area (TPSA) is 51.2 Å². The van der Waals surface area contributed by atoms with E-state index in [0.717, 1.165) is 22.0 Å². The van der Waals surface area contributed by atoms with Crippen LogP contribution < -0.4 is 5.32 Å². The molecule has 0 atom stereocenters. The summed E-state index contributed by atoms with van der Waals surface area (Å²) in [5.74, 6) is -0.158. The average Bonchev–Trinajstić information content (AvgIpc) is 2.77. The Hall–Kier alpha value is -1.72. The zero-order chi connectivity index (χ0) is 13.0. The lowest BCUT2D eigenvalue weighted by atomic mass is 10.1. The van der Waals surface area contributed by atoms with Gasteiger partial charge in [-0.15, -0.1) is 11.3 Å². The molecule has 0 fully saturated rings. The number of thiazole rings is 1. The molecule has 1 aromatic heterocycles. The fraction of sp³-hybridized carbons (Fsp3) is 0.231. The molecule has 0 saturated carbocycles. The third kappa shape index (κ3) is 3.15. The van der Waals surface area contributed by atoms with Crippen molar-refractivity contribution in [2.45, 2.75) is 6.92 Å². The van der Waals surface area contributed by atoms with Gasteiger partial charge in [0, 0.05) is 23.7 Å². The Morgan fingerprint density at radius 3 is 2.67 bits per heavy atom. The Morgan fingerprint density at radius 2 is 2.11 bits per heavy atom. The van der Waals surface area contributed by atoms with Crippen molar-refractivity contribution in [1.29, 1.82) is 0 Å². The second kappa shape index (κ2) is 5.75. The highest BCUT2D eigenvalue weighted by Crippen LogP contribution is 2.22. The summed E-state index contributed by atoms with van der Waals surface area (Å²) in [6.45, 7) is 2.04. The SMILES string of the molecule is COCC(=O)Nc1ccc(-c2csc(C)n2)cc1. The normalized spacial score (nSPS) is 10.3. The van der Waals surface area contributed by atoms with Gasteiger partial charge in [0.05, 0.1) is 10.7 Å². The van der Waals surface area contributed by atoms with Crippen LogP contribution in [-0.4, -0.2) is 24.6 Å². The van der Waals surface area contributed by atoms with Crippen LogP contribution in [0.15, 0.2) is 29.6 Å². The molecule has 0 saturated heterocycles. The monoisotopic (exact) mass is 262 g/mol. The Kier molecular flexibility index (Phi) is 4.07. The first kappa shape index (κ1) is 12.7. The Bertz CT molecular complexity index is 534. The quantitative estimate of drug-likeness (QED) is 0.921. The molecule has 0 spiro atoms. The van der Waals surface area contributed by atoms with Crippen molar-refractivity contribution in [3.05, 3.63) is 34.7 Å². The number of anilines is 1. The third-order valence-electron chi connectivity index (χ3n) is 2.36. The number of amides is 1. The molecule has 0 bridgehead atoms. The average molecular weight is 262 g/mol. The van der Waals surface area contributed by atoms with Crippen molar-refractivity contribution >= 4 is 22.9 Å². The second-order valence-electron chi connectivity index (χ2n) is 3.81. The molecule has 5 heteroatoms. The first-order chi connectivity index (χ1) is 8.69. The Morgan fingerprint density at radius 1 is 1.39 bits per heavy atom. The van der Waals surface area contributed by atoms with Gasteiger partial charge in [-0.25, -0.2) is 4.98 Å². The summed E-state index contributed by atoms with van der Waals surface area (Å²) in [6, 6.07) is 7.60. The maximum Gasteiger partial charge on any atom is 0.250 e. The van der Waals surface area contributed by atoms with Gasteiger partial charge in [-0.3, -0.25) is 4.79 Å². The van der Waals surface area contributed by atoms with Gasteiger partial charge in [0.2, 0.25) is 5.91 Å². The number of aryl methyl sites for hydroxylation is 1. The van der Waals surface area contributed by atoms with Gasteiger partial charge in [-0.05, 0) is 19.1 Å². The van der Waals surface area contributed by atoms with E-state index in [-0.39, 0.29) is 12.5 Å². The lowest BCUT2D eigenvalue weighted by Crippen LogP contribution is -2.16. The first-order valence-corrected chi connectivity index (χ1v) is 6.38. The number of ether oxygens (including phenoxy) is 1. The first-order valence-electron chi connectivity index (χ1n) is 5.50. The van der Waals surface area contributed by atoms with Gasteiger partial charge >= 0.3 is 0 Å². The van der Waals surface area contributed by atoms with Crippen LogP contribution in [0.3, 0.4) is 0 Å². The van der Waals surface area contributed by atoms with E-state index in [2.05, 4.69) is 10.3 Å². The molecule has 0 aliphatic carbocycles. The van der Waals surface area contributed by atoms with Gasteiger partial charge in [0.15, 0.2) is 0 Å². The Labute approximate surface area is 110 Å². The van der Waals surface area contributed by atoms with Gasteiger partial charge < -0.3 is 10.1 Å². The van der Waals surface area contributed by atoms with Crippen molar-refractivity contribution in [2.75, 3.05) is 19.0 Å². The molecule has 1 aromatic carbocycles. The maximum absolute atomic E-state index is 11.3. The lowest BCUT2D eigenvalue weighted by Gasteiger charge is -2.05. The zero-order valence-electron chi connectivity index (χ0n) is 10.3. The summed E-state index contributed by atoms with van der Waals surface area (Å²) >= 11 is 1.62. The standard InChI is InChI=1S/C13H14N2O2S/c1-9-14-12(8-18-9)10-3-5-11(6-4-10)15-13(16)7-17-2/h3-6,8H,7H2,1-2H3,(H,15,16). The van der Waals surface area contributed by atoms with E-state index in [9.17, 15) is 4.79 Å². The fourth-order valence-corrected chi connectivity index (χ4v) is 2.17. The minimum absolute atomic E-state index is 0.0625. The van der Waals surface area contributed by atoms with E-state index in [0.29, 0.717) is 0 Å². The van der Waals surface area contributed by atoms with Crippen molar-refractivity contribution < 1.29 is 9.53 Å². The molecule has 2 aromatic rings. The van der Waals surface area contributed by atoms with Crippen LogP contribution in [-0.2, 0) is 9.53 Å². The van der Waals surface area contributed by atoms with Gasteiger partial charge in [0.1, 0.15) is 6.61 Å². The van der Waals surface area contributed by atoms with E-state index < -0.39 is 0 Å². The number of nitrogens with one attached hydrogen (secondary N) is 1. The highest BCUT2D eigenvalue weighted by Gasteiger charge is 2.04. The number of methoxy groups -OCH3 is 1. The predicted octanol–water partition coefficient (Wildman–Crippen LogP) is 2.70. The number of hydrogen-bond acceptors (Lipinski definition) is 4. The van der Waals surface area contributed by atoms with E-state index in [1.165, 1.54) is 7.11 Å². The lowest BCUT2D eigenvalue weighted by molar-refractivity contribution is -0.119. The molecule has 0 unspecified atom stereocenters. The van der Waals surface area contributed by atoms with Crippen LogP contribution in [0.25, 0.3) is 11.3 Å². The van der Waals surface area contributed by atoms with E-state index in [1.807, 2.05) is 36.6 Å². The molecular formula is C13H14N2O2S. The zero-order valence-corrected chi connectivity index (χ0v) is 11.1. The molecule has 0 aliphatic heterocycles. The van der Waals surface area contributed by atoms with E-state index in [4.69, 9.17) is 4.74 Å². The molecule has 18 heavy (non-hydrogen) atoms. The Balaban J connectivity index is 2.08. The highest BCUT2D eigenvalue weighted by atomic mass is 32.1. The number of aromatic nitrogens is 1. The molecule has 94 valence electrons. The van der Waals surface area contributed by atoms with Crippen molar-refractivity contribution in [1.82, 2.24) is 4.98 Å². The van der Waals surface area contributed by atoms with Crippen LogP contribution >= 0.6 is 11.3 Å². The summed E-state index contributed by atoms with van der Waals surface area (Å²) < 4.78 is 4.75. The molecule has 1 amide bonds. The van der Waals surface area contributed by atoms with Gasteiger partial charge in [0.25, 0.3) is 0 Å². The summed E-state index contributed by atoms with van der Waals surface area (Å²) in [5.41, 5.74) is 2.77. The summed E-state index contributed by atoms with van der Waals surface area (Å²) in [6.07, 6.45) is 0. The second-order valence-corrected chi connectivity index (χ2v) is 4.87. The minimum Gasteiger partial charge on any atom is -0.375 e. The number of benzene rings is 1. The van der Waals surface area contributed by atoms with Crippen molar-refractivity contribution in [3.63, 3.8) is 0 Å².